The third-order valence-corrected chi connectivity index (χ3v) is 2.75. The molecular formula is C10H5BrClNO2. The molecule has 3 nitrogen and oxygen atoms in total. The van der Waals surface area contributed by atoms with Gasteiger partial charge in [0.15, 0.2) is 0 Å². The molecule has 0 saturated carbocycles. The summed E-state index contributed by atoms with van der Waals surface area (Å²) in [7, 11) is 0. The highest BCUT2D eigenvalue weighted by Crippen LogP contribution is 2.26. The van der Waals surface area contributed by atoms with Crippen molar-refractivity contribution >= 4 is 45.0 Å². The van der Waals surface area contributed by atoms with Crippen molar-refractivity contribution in [2.24, 2.45) is 0 Å². The largest absolute Gasteiger partial charge is 0.272 e. The van der Waals surface area contributed by atoms with Crippen molar-refractivity contribution in [1.82, 2.24) is 0 Å². The Morgan fingerprint density at radius 2 is 2.00 bits per heavy atom. The first-order valence-corrected chi connectivity index (χ1v) is 5.28. The number of rotatable bonds is 1. The van der Waals surface area contributed by atoms with E-state index in [2.05, 4.69) is 15.9 Å². The molecule has 1 aliphatic heterocycles. The molecule has 2 amide bonds. The Hall–Kier alpha value is -1.13. The molecule has 1 aromatic rings. The van der Waals surface area contributed by atoms with Gasteiger partial charge >= 0.3 is 0 Å². The van der Waals surface area contributed by atoms with Gasteiger partial charge in [0.1, 0.15) is 0 Å². The third-order valence-electron chi connectivity index (χ3n) is 1.94. The van der Waals surface area contributed by atoms with Crippen LogP contribution in [0.25, 0.3) is 0 Å². The normalized spacial score (nSPS) is 15.9. The van der Waals surface area contributed by atoms with Crippen molar-refractivity contribution in [2.75, 3.05) is 4.90 Å². The lowest BCUT2D eigenvalue weighted by Gasteiger charge is -2.13. The van der Waals surface area contributed by atoms with Crippen LogP contribution in [0.15, 0.2) is 34.8 Å². The molecule has 76 valence electrons. The van der Waals surface area contributed by atoms with Crippen LogP contribution in [0.3, 0.4) is 0 Å². The Labute approximate surface area is 99.4 Å². The van der Waals surface area contributed by atoms with Crippen molar-refractivity contribution in [1.29, 1.82) is 0 Å². The molecular weight excluding hydrogens is 281 g/mol. The van der Waals surface area contributed by atoms with E-state index in [1.54, 1.807) is 24.3 Å². The molecule has 0 bridgehead atoms. The molecule has 1 aliphatic rings. The van der Waals surface area contributed by atoms with Gasteiger partial charge in [0.05, 0.1) is 10.2 Å². The second-order valence-electron chi connectivity index (χ2n) is 2.95. The van der Waals surface area contributed by atoms with Crippen molar-refractivity contribution in [3.8, 4) is 0 Å². The Bertz CT molecular complexity index is 484. The summed E-state index contributed by atoms with van der Waals surface area (Å²) in [5.74, 6) is -0.739. The first-order valence-electron chi connectivity index (χ1n) is 4.11. The monoisotopic (exact) mass is 285 g/mol. The highest BCUT2D eigenvalue weighted by molar-refractivity contribution is 9.12. The van der Waals surface area contributed by atoms with E-state index < -0.39 is 0 Å². The molecule has 0 spiro atoms. The number of amides is 2. The standard InChI is InChI=1S/C10H5BrClNO2/c11-8-5-9(14)13(10(8)15)7-3-1-2-6(12)4-7/h1-5H. The molecule has 0 N–H and O–H groups in total. The Morgan fingerprint density at radius 1 is 1.27 bits per heavy atom. The fourth-order valence-electron chi connectivity index (χ4n) is 1.30. The summed E-state index contributed by atoms with van der Waals surface area (Å²) >= 11 is 8.79. The minimum atomic E-state index is -0.373. The highest BCUT2D eigenvalue weighted by atomic mass is 79.9. The molecule has 0 radical (unpaired) electrons. The molecule has 15 heavy (non-hydrogen) atoms. The predicted molar refractivity (Wildman–Crippen MR) is 61.0 cm³/mol. The minimum absolute atomic E-state index is 0.257. The number of hydrogen-bond acceptors (Lipinski definition) is 2. The quantitative estimate of drug-likeness (QED) is 0.744. The molecule has 0 saturated heterocycles. The lowest BCUT2D eigenvalue weighted by molar-refractivity contribution is -0.120. The van der Waals surface area contributed by atoms with E-state index >= 15 is 0 Å². The number of imide groups is 1. The van der Waals surface area contributed by atoms with Crippen LogP contribution in [0.5, 0.6) is 0 Å². The Balaban J connectivity index is 2.42. The van der Waals surface area contributed by atoms with Crippen LogP contribution in [-0.4, -0.2) is 11.8 Å². The summed E-state index contributed by atoms with van der Waals surface area (Å²) in [5.41, 5.74) is 0.475. The number of benzene rings is 1. The van der Waals surface area contributed by atoms with Crippen molar-refractivity contribution in [2.45, 2.75) is 0 Å². The van der Waals surface area contributed by atoms with Crippen molar-refractivity contribution < 1.29 is 9.59 Å². The maximum absolute atomic E-state index is 11.6. The summed E-state index contributed by atoms with van der Waals surface area (Å²) in [6.45, 7) is 0. The van der Waals surface area contributed by atoms with Gasteiger partial charge < -0.3 is 0 Å². The molecule has 0 fully saturated rings. The molecule has 0 aromatic heterocycles. The van der Waals surface area contributed by atoms with Crippen molar-refractivity contribution in [3.63, 3.8) is 0 Å². The fraction of sp³-hybridized carbons (Fsp3) is 0. The number of carbonyl (C=O) groups excluding carboxylic acids is 2. The number of hydrogen-bond donors (Lipinski definition) is 0. The maximum Gasteiger partial charge on any atom is 0.272 e. The summed E-state index contributed by atoms with van der Waals surface area (Å²) in [4.78, 5) is 24.1. The minimum Gasteiger partial charge on any atom is -0.269 e. The number of nitrogens with zero attached hydrogens (tertiary/aromatic N) is 1. The fourth-order valence-corrected chi connectivity index (χ4v) is 1.86. The van der Waals surface area contributed by atoms with Gasteiger partial charge in [-0.1, -0.05) is 17.7 Å². The number of anilines is 1. The van der Waals surface area contributed by atoms with Gasteiger partial charge in [-0.25, -0.2) is 4.90 Å². The number of carbonyl (C=O) groups is 2. The van der Waals surface area contributed by atoms with Crippen LogP contribution >= 0.6 is 27.5 Å². The van der Waals surface area contributed by atoms with Crippen LogP contribution in [0, 0.1) is 0 Å². The van der Waals surface area contributed by atoms with Crippen LogP contribution in [0.1, 0.15) is 0 Å². The van der Waals surface area contributed by atoms with E-state index in [1.807, 2.05) is 0 Å². The van der Waals surface area contributed by atoms with E-state index in [9.17, 15) is 9.59 Å². The SMILES string of the molecule is O=C1C=C(Br)C(=O)N1c1cccc(Cl)c1. The summed E-state index contributed by atoms with van der Waals surface area (Å²) in [5, 5.41) is 0.483. The second-order valence-corrected chi connectivity index (χ2v) is 4.24. The lowest BCUT2D eigenvalue weighted by atomic mass is 10.3. The van der Waals surface area contributed by atoms with E-state index in [0.29, 0.717) is 10.7 Å². The van der Waals surface area contributed by atoms with Gasteiger partial charge in [0.2, 0.25) is 0 Å². The molecule has 1 aromatic carbocycles. The van der Waals surface area contributed by atoms with Crippen LogP contribution in [-0.2, 0) is 9.59 Å². The van der Waals surface area contributed by atoms with E-state index in [0.717, 1.165) is 4.90 Å². The molecule has 1 heterocycles. The first kappa shape index (κ1) is 10.4. The van der Waals surface area contributed by atoms with E-state index in [-0.39, 0.29) is 16.3 Å². The van der Waals surface area contributed by atoms with Crippen LogP contribution in [0.2, 0.25) is 5.02 Å². The molecule has 2 rings (SSSR count). The zero-order chi connectivity index (χ0) is 11.0. The van der Waals surface area contributed by atoms with E-state index in [4.69, 9.17) is 11.6 Å². The second kappa shape index (κ2) is 3.79. The topological polar surface area (TPSA) is 37.4 Å². The highest BCUT2D eigenvalue weighted by Gasteiger charge is 2.30. The van der Waals surface area contributed by atoms with Crippen LogP contribution in [0.4, 0.5) is 5.69 Å². The van der Waals surface area contributed by atoms with Gasteiger partial charge in [-0.2, -0.15) is 0 Å². The van der Waals surface area contributed by atoms with Gasteiger partial charge in [0.25, 0.3) is 11.8 Å². The average Bonchev–Trinajstić information content (AvgIpc) is 2.41. The van der Waals surface area contributed by atoms with Gasteiger partial charge in [-0.15, -0.1) is 0 Å². The van der Waals surface area contributed by atoms with Crippen LogP contribution < -0.4 is 4.90 Å². The third kappa shape index (κ3) is 1.82. The molecule has 0 atom stereocenters. The van der Waals surface area contributed by atoms with E-state index in [1.165, 1.54) is 6.08 Å². The van der Waals surface area contributed by atoms with Gasteiger partial charge in [0, 0.05) is 11.1 Å². The van der Waals surface area contributed by atoms with Crippen molar-refractivity contribution in [3.05, 3.63) is 39.8 Å². The first-order chi connectivity index (χ1) is 7.09. The smallest absolute Gasteiger partial charge is 0.269 e. The zero-order valence-electron chi connectivity index (χ0n) is 7.41. The average molecular weight is 287 g/mol. The number of halogens is 2. The maximum atomic E-state index is 11.6. The summed E-state index contributed by atoms with van der Waals surface area (Å²) in [6, 6.07) is 6.58. The Morgan fingerprint density at radius 3 is 2.53 bits per heavy atom. The molecule has 5 heteroatoms. The zero-order valence-corrected chi connectivity index (χ0v) is 9.75. The lowest BCUT2D eigenvalue weighted by Crippen LogP contribution is -2.30. The van der Waals surface area contributed by atoms with Gasteiger partial charge in [-0.3, -0.25) is 9.59 Å². The van der Waals surface area contributed by atoms with Gasteiger partial charge in [-0.05, 0) is 34.1 Å². The Kier molecular flexibility index (Phi) is 2.63. The summed E-state index contributed by atoms with van der Waals surface area (Å²) in [6.07, 6.45) is 1.24. The molecule has 0 aliphatic carbocycles. The predicted octanol–water partition coefficient (Wildman–Crippen LogP) is 2.49. The summed E-state index contributed by atoms with van der Waals surface area (Å²) < 4.78 is 0.257. The molecule has 0 unspecified atom stereocenters.